The summed E-state index contributed by atoms with van der Waals surface area (Å²) < 4.78 is 39.1. The van der Waals surface area contributed by atoms with E-state index in [1.165, 1.54) is 19.2 Å². The van der Waals surface area contributed by atoms with E-state index >= 15 is 0 Å². The maximum atomic E-state index is 13.0. The topological polar surface area (TPSA) is 32.3 Å². The number of hydrogen-bond acceptors (Lipinski definition) is 2. The molecular formula is C15H21F3N2O. The van der Waals surface area contributed by atoms with E-state index in [-0.39, 0.29) is 23.2 Å². The monoisotopic (exact) mass is 302 g/mol. The largest absolute Gasteiger partial charge is 0.418 e. The second-order valence-corrected chi connectivity index (χ2v) is 5.10. The molecule has 0 aliphatic rings. The minimum atomic E-state index is -4.50. The Morgan fingerprint density at radius 3 is 2.38 bits per heavy atom. The summed E-state index contributed by atoms with van der Waals surface area (Å²) >= 11 is 0. The van der Waals surface area contributed by atoms with Gasteiger partial charge in [0.25, 0.3) is 5.91 Å². The summed E-state index contributed by atoms with van der Waals surface area (Å²) in [5.41, 5.74) is -0.801. The van der Waals surface area contributed by atoms with Crippen molar-refractivity contribution >= 4 is 11.6 Å². The Kier molecular flexibility index (Phi) is 5.63. The van der Waals surface area contributed by atoms with Gasteiger partial charge in [-0.05, 0) is 38.5 Å². The zero-order valence-corrected chi connectivity index (χ0v) is 12.7. The fourth-order valence-electron chi connectivity index (χ4n) is 2.13. The number of benzene rings is 1. The first kappa shape index (κ1) is 17.3. The van der Waals surface area contributed by atoms with Gasteiger partial charge in [0, 0.05) is 30.9 Å². The van der Waals surface area contributed by atoms with Crippen molar-refractivity contribution in [3.05, 3.63) is 29.3 Å². The van der Waals surface area contributed by atoms with Gasteiger partial charge in [-0.2, -0.15) is 13.2 Å². The third-order valence-electron chi connectivity index (χ3n) is 3.19. The first-order valence-corrected chi connectivity index (χ1v) is 6.92. The highest BCUT2D eigenvalue weighted by molar-refractivity contribution is 5.95. The van der Waals surface area contributed by atoms with Crippen LogP contribution in [0.15, 0.2) is 18.2 Å². The molecule has 0 saturated heterocycles. The van der Waals surface area contributed by atoms with Crippen molar-refractivity contribution < 1.29 is 18.0 Å². The quantitative estimate of drug-likeness (QED) is 0.891. The van der Waals surface area contributed by atoms with E-state index in [0.29, 0.717) is 6.54 Å². The predicted octanol–water partition coefficient (Wildman–Crippen LogP) is 4.01. The van der Waals surface area contributed by atoms with Crippen LogP contribution in [0.2, 0.25) is 0 Å². The van der Waals surface area contributed by atoms with Crippen LogP contribution >= 0.6 is 0 Å². The van der Waals surface area contributed by atoms with Gasteiger partial charge in [0.1, 0.15) is 0 Å². The van der Waals surface area contributed by atoms with Crippen LogP contribution in [0.4, 0.5) is 18.9 Å². The Morgan fingerprint density at radius 2 is 1.95 bits per heavy atom. The lowest BCUT2D eigenvalue weighted by Crippen LogP contribution is -2.37. The fraction of sp³-hybridized carbons (Fsp3) is 0.533. The number of rotatable bonds is 5. The van der Waals surface area contributed by atoms with Gasteiger partial charge in [0.2, 0.25) is 0 Å². The molecule has 118 valence electrons. The van der Waals surface area contributed by atoms with Crippen molar-refractivity contribution in [3.8, 4) is 0 Å². The fourth-order valence-corrected chi connectivity index (χ4v) is 2.13. The normalized spacial score (nSPS) is 11.6. The number of carbonyl (C=O) groups excluding carboxylic acids is 1. The van der Waals surface area contributed by atoms with E-state index in [1.807, 2.05) is 20.8 Å². The average Bonchev–Trinajstić information content (AvgIpc) is 2.42. The minimum absolute atomic E-state index is 0.0364. The van der Waals surface area contributed by atoms with Crippen molar-refractivity contribution in [1.82, 2.24) is 4.90 Å². The lowest BCUT2D eigenvalue weighted by atomic mass is 10.1. The van der Waals surface area contributed by atoms with Gasteiger partial charge in [-0.25, -0.2) is 0 Å². The molecule has 0 aliphatic heterocycles. The van der Waals surface area contributed by atoms with Crippen molar-refractivity contribution in [3.63, 3.8) is 0 Å². The molecular weight excluding hydrogens is 281 g/mol. The Balaban J connectivity index is 3.22. The van der Waals surface area contributed by atoms with E-state index in [4.69, 9.17) is 0 Å². The van der Waals surface area contributed by atoms with Gasteiger partial charge in [-0.3, -0.25) is 4.79 Å². The number of hydrogen-bond donors (Lipinski definition) is 1. The summed E-state index contributed by atoms with van der Waals surface area (Å²) in [6.45, 7) is 6.14. The number of amides is 1. The maximum Gasteiger partial charge on any atom is 0.418 e. The molecule has 0 bridgehead atoms. The number of carbonyl (C=O) groups is 1. The summed E-state index contributed by atoms with van der Waals surface area (Å²) in [7, 11) is 1.42. The molecule has 0 unspecified atom stereocenters. The van der Waals surface area contributed by atoms with Crippen LogP contribution in [-0.2, 0) is 6.18 Å². The van der Waals surface area contributed by atoms with E-state index in [2.05, 4.69) is 5.32 Å². The molecule has 1 N–H and O–H groups in total. The first-order valence-electron chi connectivity index (χ1n) is 6.92. The molecule has 0 spiro atoms. The van der Waals surface area contributed by atoms with E-state index < -0.39 is 11.7 Å². The highest BCUT2D eigenvalue weighted by Gasteiger charge is 2.34. The molecule has 0 fully saturated rings. The third kappa shape index (κ3) is 4.12. The van der Waals surface area contributed by atoms with Crippen LogP contribution in [-0.4, -0.2) is 30.4 Å². The van der Waals surface area contributed by atoms with E-state index in [0.717, 1.165) is 12.5 Å². The van der Waals surface area contributed by atoms with Crippen LogP contribution in [0.5, 0.6) is 0 Å². The first-order chi connectivity index (χ1) is 9.72. The van der Waals surface area contributed by atoms with E-state index in [1.54, 1.807) is 4.90 Å². The highest BCUT2D eigenvalue weighted by atomic mass is 19.4. The molecule has 0 atom stereocenters. The molecule has 0 heterocycles. The minimum Gasteiger partial charge on any atom is -0.388 e. The van der Waals surface area contributed by atoms with Crippen molar-refractivity contribution in [2.24, 2.45) is 0 Å². The number of anilines is 1. The molecule has 3 nitrogen and oxygen atoms in total. The van der Waals surface area contributed by atoms with Gasteiger partial charge in [-0.1, -0.05) is 6.92 Å². The zero-order chi connectivity index (χ0) is 16.2. The summed E-state index contributed by atoms with van der Waals surface area (Å²) in [6, 6.07) is 3.57. The average molecular weight is 302 g/mol. The summed E-state index contributed by atoms with van der Waals surface area (Å²) in [4.78, 5) is 14.0. The van der Waals surface area contributed by atoms with Crippen LogP contribution in [0.3, 0.4) is 0 Å². The summed E-state index contributed by atoms with van der Waals surface area (Å²) in [5.74, 6) is -0.375. The predicted molar refractivity (Wildman–Crippen MR) is 77.5 cm³/mol. The lowest BCUT2D eigenvalue weighted by molar-refractivity contribution is -0.136. The molecule has 1 aromatic carbocycles. The van der Waals surface area contributed by atoms with Crippen LogP contribution < -0.4 is 5.32 Å². The number of alkyl halides is 3. The van der Waals surface area contributed by atoms with Crippen LogP contribution in [0.25, 0.3) is 0 Å². The van der Waals surface area contributed by atoms with Crippen molar-refractivity contribution in [2.45, 2.75) is 39.4 Å². The number of nitrogens with one attached hydrogen (secondary N) is 1. The van der Waals surface area contributed by atoms with E-state index in [9.17, 15) is 18.0 Å². The van der Waals surface area contributed by atoms with Gasteiger partial charge >= 0.3 is 6.18 Å². The zero-order valence-electron chi connectivity index (χ0n) is 12.7. The van der Waals surface area contributed by atoms with Crippen molar-refractivity contribution in [2.75, 3.05) is 18.9 Å². The number of nitrogens with zero attached hydrogens (tertiary/aromatic N) is 1. The molecule has 1 amide bonds. The van der Waals surface area contributed by atoms with Gasteiger partial charge in [0.05, 0.1) is 5.56 Å². The molecule has 0 saturated carbocycles. The molecule has 1 aromatic rings. The number of halogens is 3. The van der Waals surface area contributed by atoms with Gasteiger partial charge in [-0.15, -0.1) is 0 Å². The van der Waals surface area contributed by atoms with Crippen LogP contribution in [0.1, 0.15) is 43.1 Å². The highest BCUT2D eigenvalue weighted by Crippen LogP contribution is 2.35. The molecule has 6 heteroatoms. The maximum absolute atomic E-state index is 13.0. The SMILES string of the molecule is CCCN(C(=O)c1ccc(NC)c(C(F)(F)F)c1)C(C)C. The van der Waals surface area contributed by atoms with Crippen LogP contribution in [0, 0.1) is 0 Å². The molecule has 21 heavy (non-hydrogen) atoms. The summed E-state index contributed by atoms with van der Waals surface area (Å²) in [5, 5.41) is 2.50. The van der Waals surface area contributed by atoms with Gasteiger partial charge < -0.3 is 10.2 Å². The smallest absolute Gasteiger partial charge is 0.388 e. The standard InChI is InChI=1S/C15H21F3N2O/c1-5-8-20(10(2)3)14(21)11-6-7-13(19-4)12(9-11)15(16,17)18/h6-7,9-10,19H,5,8H2,1-4H3. The molecule has 0 aromatic heterocycles. The Labute approximate surface area is 123 Å². The lowest BCUT2D eigenvalue weighted by Gasteiger charge is -2.27. The Bertz CT molecular complexity index is 498. The van der Waals surface area contributed by atoms with Crippen molar-refractivity contribution in [1.29, 1.82) is 0 Å². The molecule has 0 aliphatic carbocycles. The van der Waals surface area contributed by atoms with Gasteiger partial charge in [0.15, 0.2) is 0 Å². The second-order valence-electron chi connectivity index (χ2n) is 5.10. The summed E-state index contributed by atoms with van der Waals surface area (Å²) in [6.07, 6.45) is -3.74. The molecule has 1 rings (SSSR count). The Morgan fingerprint density at radius 1 is 1.33 bits per heavy atom. The Hall–Kier alpha value is -1.72. The third-order valence-corrected chi connectivity index (χ3v) is 3.19. The second kappa shape index (κ2) is 6.83. The molecule has 0 radical (unpaired) electrons.